The summed E-state index contributed by atoms with van der Waals surface area (Å²) >= 11 is 0. The summed E-state index contributed by atoms with van der Waals surface area (Å²) in [5, 5.41) is 0. The fraction of sp³-hybridized carbons (Fsp3) is 0.316. The van der Waals surface area contributed by atoms with Crippen molar-refractivity contribution >= 4 is 0 Å². The Morgan fingerprint density at radius 1 is 1.00 bits per heavy atom. The lowest BCUT2D eigenvalue weighted by atomic mass is 9.94. The molecular formula is C19H20FN3. The van der Waals surface area contributed by atoms with E-state index < -0.39 is 0 Å². The van der Waals surface area contributed by atoms with Crippen molar-refractivity contribution in [3.63, 3.8) is 0 Å². The molecular weight excluding hydrogens is 289 g/mol. The van der Waals surface area contributed by atoms with Gasteiger partial charge in [-0.05, 0) is 43.2 Å². The highest BCUT2D eigenvalue weighted by Gasteiger charge is 2.22. The SMILES string of the molecule is Fc1ccc(-c2ncn(C3CCCCC3)c2-c2cc[nH]c2)cc1. The van der Waals surface area contributed by atoms with Gasteiger partial charge >= 0.3 is 0 Å². The molecule has 0 aliphatic heterocycles. The number of hydrogen-bond donors (Lipinski definition) is 1. The zero-order chi connectivity index (χ0) is 15.6. The first-order valence-corrected chi connectivity index (χ1v) is 8.29. The van der Waals surface area contributed by atoms with Crippen LogP contribution in [0.4, 0.5) is 4.39 Å². The largest absolute Gasteiger partial charge is 0.367 e. The first-order chi connectivity index (χ1) is 11.3. The summed E-state index contributed by atoms with van der Waals surface area (Å²) in [6.07, 6.45) is 12.2. The lowest BCUT2D eigenvalue weighted by Gasteiger charge is -2.25. The van der Waals surface area contributed by atoms with E-state index >= 15 is 0 Å². The van der Waals surface area contributed by atoms with Crippen LogP contribution in [0.15, 0.2) is 49.1 Å². The summed E-state index contributed by atoms with van der Waals surface area (Å²) < 4.78 is 15.6. The van der Waals surface area contributed by atoms with Gasteiger partial charge in [-0.15, -0.1) is 0 Å². The Labute approximate surface area is 135 Å². The molecule has 1 aromatic carbocycles. The van der Waals surface area contributed by atoms with E-state index in [1.165, 1.54) is 44.2 Å². The third kappa shape index (κ3) is 2.69. The summed E-state index contributed by atoms with van der Waals surface area (Å²) in [6, 6.07) is 9.18. The molecule has 3 nitrogen and oxygen atoms in total. The first kappa shape index (κ1) is 14.2. The second kappa shape index (κ2) is 6.03. The number of benzene rings is 1. The van der Waals surface area contributed by atoms with Gasteiger partial charge in [0, 0.05) is 29.6 Å². The van der Waals surface area contributed by atoms with Crippen molar-refractivity contribution in [3.05, 3.63) is 54.9 Å². The molecule has 2 aromatic heterocycles. The molecule has 2 heterocycles. The fourth-order valence-electron chi connectivity index (χ4n) is 3.57. The van der Waals surface area contributed by atoms with Crippen molar-refractivity contribution in [3.8, 4) is 22.5 Å². The zero-order valence-corrected chi connectivity index (χ0v) is 13.0. The van der Waals surface area contributed by atoms with Gasteiger partial charge in [0.25, 0.3) is 0 Å². The molecule has 118 valence electrons. The Balaban J connectivity index is 1.83. The van der Waals surface area contributed by atoms with E-state index in [-0.39, 0.29) is 5.82 Å². The van der Waals surface area contributed by atoms with Crippen LogP contribution in [0.1, 0.15) is 38.1 Å². The zero-order valence-electron chi connectivity index (χ0n) is 13.0. The summed E-state index contributed by atoms with van der Waals surface area (Å²) in [6.45, 7) is 0. The van der Waals surface area contributed by atoms with Gasteiger partial charge in [0.05, 0.1) is 17.7 Å². The minimum atomic E-state index is -0.219. The van der Waals surface area contributed by atoms with E-state index in [0.717, 1.165) is 22.5 Å². The Morgan fingerprint density at radius 2 is 1.78 bits per heavy atom. The van der Waals surface area contributed by atoms with Crippen LogP contribution in [0, 0.1) is 5.82 Å². The predicted molar refractivity (Wildman–Crippen MR) is 89.5 cm³/mol. The van der Waals surface area contributed by atoms with Crippen LogP contribution in [0.5, 0.6) is 0 Å². The minimum absolute atomic E-state index is 0.219. The standard InChI is InChI=1S/C19H20FN3/c20-16-8-6-14(7-9-16)18-19(15-10-11-21-12-15)23(13-22-18)17-4-2-1-3-5-17/h6-13,17,21H,1-5H2. The average molecular weight is 309 g/mol. The molecule has 0 radical (unpaired) electrons. The summed E-state index contributed by atoms with van der Waals surface area (Å²) in [5.74, 6) is -0.219. The average Bonchev–Trinajstić information content (AvgIpc) is 3.25. The lowest BCUT2D eigenvalue weighted by Crippen LogP contribution is -2.13. The van der Waals surface area contributed by atoms with Crippen molar-refractivity contribution in [2.75, 3.05) is 0 Å². The highest BCUT2D eigenvalue weighted by Crippen LogP contribution is 2.37. The van der Waals surface area contributed by atoms with E-state index in [0.29, 0.717) is 6.04 Å². The third-order valence-corrected chi connectivity index (χ3v) is 4.75. The fourth-order valence-corrected chi connectivity index (χ4v) is 3.57. The molecule has 1 fully saturated rings. The van der Waals surface area contributed by atoms with Crippen LogP contribution in [0.3, 0.4) is 0 Å². The highest BCUT2D eigenvalue weighted by molar-refractivity contribution is 5.78. The van der Waals surface area contributed by atoms with E-state index in [1.54, 1.807) is 12.1 Å². The van der Waals surface area contributed by atoms with Crippen LogP contribution in [-0.4, -0.2) is 14.5 Å². The number of nitrogens with one attached hydrogen (secondary N) is 1. The molecule has 1 aliphatic carbocycles. The predicted octanol–water partition coefficient (Wildman–Crippen LogP) is 5.19. The van der Waals surface area contributed by atoms with Crippen LogP contribution in [0.2, 0.25) is 0 Å². The minimum Gasteiger partial charge on any atom is -0.367 e. The van der Waals surface area contributed by atoms with Gasteiger partial charge in [0.1, 0.15) is 5.82 Å². The van der Waals surface area contributed by atoms with Gasteiger partial charge in [0.2, 0.25) is 0 Å². The molecule has 0 bridgehead atoms. The summed E-state index contributed by atoms with van der Waals surface area (Å²) in [7, 11) is 0. The van der Waals surface area contributed by atoms with Crippen LogP contribution < -0.4 is 0 Å². The van der Waals surface area contributed by atoms with Crippen molar-refractivity contribution in [2.45, 2.75) is 38.1 Å². The first-order valence-electron chi connectivity index (χ1n) is 8.29. The van der Waals surface area contributed by atoms with Crippen molar-refractivity contribution in [1.82, 2.24) is 14.5 Å². The maximum atomic E-state index is 13.2. The lowest BCUT2D eigenvalue weighted by molar-refractivity contribution is 0.355. The molecule has 0 unspecified atom stereocenters. The van der Waals surface area contributed by atoms with Gasteiger partial charge in [-0.3, -0.25) is 0 Å². The quantitative estimate of drug-likeness (QED) is 0.709. The number of halogens is 1. The van der Waals surface area contributed by atoms with E-state index in [4.69, 9.17) is 0 Å². The number of hydrogen-bond acceptors (Lipinski definition) is 1. The summed E-state index contributed by atoms with van der Waals surface area (Å²) in [4.78, 5) is 7.81. The number of aromatic amines is 1. The third-order valence-electron chi connectivity index (χ3n) is 4.75. The van der Waals surface area contributed by atoms with Crippen LogP contribution in [-0.2, 0) is 0 Å². The Morgan fingerprint density at radius 3 is 2.48 bits per heavy atom. The highest BCUT2D eigenvalue weighted by atomic mass is 19.1. The maximum Gasteiger partial charge on any atom is 0.123 e. The number of H-pyrrole nitrogens is 1. The second-order valence-electron chi connectivity index (χ2n) is 6.25. The van der Waals surface area contributed by atoms with Gasteiger partial charge in [-0.25, -0.2) is 9.37 Å². The van der Waals surface area contributed by atoms with Gasteiger partial charge < -0.3 is 9.55 Å². The molecule has 0 spiro atoms. The maximum absolute atomic E-state index is 13.2. The Bertz CT molecular complexity index is 766. The van der Waals surface area contributed by atoms with Crippen molar-refractivity contribution < 1.29 is 4.39 Å². The number of imidazole rings is 1. The number of nitrogens with zero attached hydrogens (tertiary/aromatic N) is 2. The summed E-state index contributed by atoms with van der Waals surface area (Å²) in [5.41, 5.74) is 4.14. The molecule has 0 saturated heterocycles. The van der Waals surface area contributed by atoms with E-state index in [1.807, 2.05) is 18.7 Å². The molecule has 1 N–H and O–H groups in total. The molecule has 1 aliphatic rings. The van der Waals surface area contributed by atoms with E-state index in [9.17, 15) is 4.39 Å². The molecule has 23 heavy (non-hydrogen) atoms. The molecule has 4 rings (SSSR count). The molecule has 4 heteroatoms. The second-order valence-corrected chi connectivity index (χ2v) is 6.25. The van der Waals surface area contributed by atoms with Crippen molar-refractivity contribution in [2.24, 2.45) is 0 Å². The number of aromatic nitrogens is 3. The van der Waals surface area contributed by atoms with Crippen LogP contribution in [0.25, 0.3) is 22.5 Å². The monoisotopic (exact) mass is 309 g/mol. The normalized spacial score (nSPS) is 15.9. The molecule has 3 aromatic rings. The van der Waals surface area contributed by atoms with Gasteiger partial charge in [-0.1, -0.05) is 19.3 Å². The molecule has 0 atom stereocenters. The van der Waals surface area contributed by atoms with Crippen molar-refractivity contribution in [1.29, 1.82) is 0 Å². The van der Waals surface area contributed by atoms with Gasteiger partial charge in [0.15, 0.2) is 0 Å². The van der Waals surface area contributed by atoms with Crippen LogP contribution >= 0.6 is 0 Å². The Hall–Kier alpha value is -2.36. The van der Waals surface area contributed by atoms with E-state index in [2.05, 4.69) is 20.6 Å². The Kier molecular flexibility index (Phi) is 3.74. The molecule has 0 amide bonds. The van der Waals surface area contributed by atoms with Gasteiger partial charge in [-0.2, -0.15) is 0 Å². The number of rotatable bonds is 3. The smallest absolute Gasteiger partial charge is 0.123 e. The topological polar surface area (TPSA) is 33.6 Å². The molecule has 1 saturated carbocycles.